The molecule has 4 heterocycles. The van der Waals surface area contributed by atoms with Crippen LogP contribution in [0.5, 0.6) is 11.5 Å². The molecule has 9 heteroatoms. The topological polar surface area (TPSA) is 81.5 Å². The monoisotopic (exact) mass is 425 g/mol. The van der Waals surface area contributed by atoms with Gasteiger partial charge in [-0.05, 0) is 42.7 Å². The number of nitrogens with zero attached hydrogens (tertiary/aromatic N) is 4. The van der Waals surface area contributed by atoms with E-state index in [4.69, 9.17) is 9.47 Å². The smallest absolute Gasteiger partial charge is 0.268 e. The van der Waals surface area contributed by atoms with Crippen LogP contribution in [0.25, 0.3) is 5.13 Å². The van der Waals surface area contributed by atoms with Crippen molar-refractivity contribution in [2.24, 2.45) is 0 Å². The molecule has 156 valence electrons. The van der Waals surface area contributed by atoms with Crippen LogP contribution >= 0.6 is 11.3 Å². The lowest BCUT2D eigenvalue weighted by atomic mass is 10.2. The fraction of sp³-hybridized carbons (Fsp3) is 0.381. The molecule has 30 heavy (non-hydrogen) atoms. The number of amides is 1. The van der Waals surface area contributed by atoms with Crippen molar-refractivity contribution < 1.29 is 14.3 Å². The highest BCUT2D eigenvalue weighted by molar-refractivity contribution is 7.17. The normalized spacial score (nSPS) is 15.8. The summed E-state index contributed by atoms with van der Waals surface area (Å²) in [4.78, 5) is 15.1. The van der Waals surface area contributed by atoms with Gasteiger partial charge in [-0.25, -0.2) is 0 Å². The summed E-state index contributed by atoms with van der Waals surface area (Å²) in [5, 5.41) is 13.3. The number of carbonyl (C=O) groups excluding carboxylic acids is 1. The van der Waals surface area contributed by atoms with E-state index >= 15 is 0 Å². The lowest BCUT2D eigenvalue weighted by Gasteiger charge is -2.17. The average Bonchev–Trinajstić information content (AvgIpc) is 3.49. The van der Waals surface area contributed by atoms with E-state index in [1.807, 2.05) is 30.5 Å². The van der Waals surface area contributed by atoms with Crippen LogP contribution in [-0.2, 0) is 6.54 Å². The van der Waals surface area contributed by atoms with Crippen molar-refractivity contribution in [2.45, 2.75) is 32.2 Å². The molecular weight excluding hydrogens is 402 g/mol. The minimum absolute atomic E-state index is 0.163. The van der Waals surface area contributed by atoms with Crippen molar-refractivity contribution >= 4 is 22.4 Å². The van der Waals surface area contributed by atoms with Gasteiger partial charge in [0.25, 0.3) is 5.91 Å². The fourth-order valence-corrected chi connectivity index (χ4v) is 4.65. The summed E-state index contributed by atoms with van der Waals surface area (Å²) in [5.41, 5.74) is 1.49. The van der Waals surface area contributed by atoms with Crippen molar-refractivity contribution in [1.29, 1.82) is 0 Å². The number of hydrogen-bond donors (Lipinski definition) is 1. The second-order valence-electron chi connectivity index (χ2n) is 7.40. The predicted molar refractivity (Wildman–Crippen MR) is 114 cm³/mol. The largest absolute Gasteiger partial charge is 0.454 e. The van der Waals surface area contributed by atoms with E-state index in [1.54, 1.807) is 10.6 Å². The zero-order valence-corrected chi connectivity index (χ0v) is 17.4. The second-order valence-corrected chi connectivity index (χ2v) is 8.34. The van der Waals surface area contributed by atoms with E-state index in [1.165, 1.54) is 37.0 Å². The molecule has 0 radical (unpaired) electrons. The number of anilines is 1. The van der Waals surface area contributed by atoms with E-state index in [2.05, 4.69) is 20.4 Å². The molecule has 1 aromatic carbocycles. The fourth-order valence-electron chi connectivity index (χ4n) is 3.75. The van der Waals surface area contributed by atoms with Crippen molar-refractivity contribution in [3.05, 3.63) is 47.8 Å². The Morgan fingerprint density at radius 2 is 1.83 bits per heavy atom. The minimum atomic E-state index is -0.163. The Balaban J connectivity index is 1.28. The number of hydrogen-bond acceptors (Lipinski definition) is 7. The molecule has 2 aliphatic rings. The number of benzene rings is 1. The summed E-state index contributed by atoms with van der Waals surface area (Å²) in [6.07, 6.45) is 6.76. The lowest BCUT2D eigenvalue weighted by Crippen LogP contribution is -2.25. The third-order valence-corrected chi connectivity index (χ3v) is 6.34. The first-order chi connectivity index (χ1) is 14.8. The van der Waals surface area contributed by atoms with Crippen LogP contribution in [0, 0.1) is 0 Å². The van der Waals surface area contributed by atoms with E-state index in [0.29, 0.717) is 23.1 Å². The number of aromatic nitrogens is 3. The molecule has 1 fully saturated rings. The molecule has 1 N–H and O–H groups in total. The molecule has 8 nitrogen and oxygen atoms in total. The first-order valence-electron chi connectivity index (χ1n) is 10.2. The molecule has 2 aromatic heterocycles. The third kappa shape index (κ3) is 3.85. The maximum absolute atomic E-state index is 12.8. The second kappa shape index (κ2) is 8.35. The van der Waals surface area contributed by atoms with Crippen LogP contribution in [0.1, 0.15) is 41.7 Å². The molecule has 0 aliphatic carbocycles. The Morgan fingerprint density at radius 3 is 2.70 bits per heavy atom. The molecule has 0 unspecified atom stereocenters. The Hall–Kier alpha value is -3.07. The summed E-state index contributed by atoms with van der Waals surface area (Å²) < 4.78 is 12.5. The quantitative estimate of drug-likeness (QED) is 0.675. The number of rotatable bonds is 5. The van der Waals surface area contributed by atoms with Crippen LogP contribution in [0.15, 0.2) is 36.5 Å². The van der Waals surface area contributed by atoms with E-state index < -0.39 is 0 Å². The highest BCUT2D eigenvalue weighted by atomic mass is 32.1. The summed E-state index contributed by atoms with van der Waals surface area (Å²) in [5.74, 6) is 1.28. The van der Waals surface area contributed by atoms with Gasteiger partial charge in [-0.2, -0.15) is 0 Å². The number of ether oxygens (including phenoxy) is 2. The summed E-state index contributed by atoms with van der Waals surface area (Å²) >= 11 is 1.52. The molecule has 0 atom stereocenters. The highest BCUT2D eigenvalue weighted by Gasteiger charge is 2.19. The molecule has 0 spiro atoms. The van der Waals surface area contributed by atoms with Crippen molar-refractivity contribution in [2.75, 3.05) is 24.8 Å². The average molecular weight is 426 g/mol. The first-order valence-corrected chi connectivity index (χ1v) is 11.0. The molecule has 0 saturated carbocycles. The van der Waals surface area contributed by atoms with Crippen LogP contribution in [-0.4, -0.2) is 40.6 Å². The van der Waals surface area contributed by atoms with Gasteiger partial charge in [-0.15, -0.1) is 10.2 Å². The molecule has 5 rings (SSSR count). The molecule has 1 saturated heterocycles. The van der Waals surface area contributed by atoms with Gasteiger partial charge in [-0.3, -0.25) is 9.36 Å². The zero-order valence-electron chi connectivity index (χ0n) is 16.5. The van der Waals surface area contributed by atoms with Gasteiger partial charge in [0.2, 0.25) is 17.1 Å². The summed E-state index contributed by atoms with van der Waals surface area (Å²) in [6, 6.07) is 9.31. The van der Waals surface area contributed by atoms with Gasteiger partial charge in [0, 0.05) is 25.8 Å². The van der Waals surface area contributed by atoms with Gasteiger partial charge < -0.3 is 19.7 Å². The Kier molecular flexibility index (Phi) is 5.27. The van der Waals surface area contributed by atoms with Crippen LogP contribution < -0.4 is 19.7 Å². The Labute approximate surface area is 178 Å². The van der Waals surface area contributed by atoms with E-state index in [0.717, 1.165) is 29.5 Å². The number of nitrogens with one attached hydrogen (secondary N) is 1. The van der Waals surface area contributed by atoms with Crippen LogP contribution in [0.2, 0.25) is 0 Å². The van der Waals surface area contributed by atoms with Gasteiger partial charge >= 0.3 is 0 Å². The summed E-state index contributed by atoms with van der Waals surface area (Å²) in [7, 11) is 0. The molecule has 0 bridgehead atoms. The maximum atomic E-state index is 12.8. The van der Waals surface area contributed by atoms with E-state index in [9.17, 15) is 4.79 Å². The number of fused-ring (bicyclic) bond motifs is 1. The summed E-state index contributed by atoms with van der Waals surface area (Å²) in [6.45, 7) is 2.67. The van der Waals surface area contributed by atoms with Crippen LogP contribution in [0.4, 0.5) is 5.13 Å². The third-order valence-electron chi connectivity index (χ3n) is 5.36. The lowest BCUT2D eigenvalue weighted by molar-refractivity contribution is 0.0944. The number of carbonyl (C=O) groups is 1. The predicted octanol–water partition coefficient (Wildman–Crippen LogP) is 3.37. The van der Waals surface area contributed by atoms with E-state index in [-0.39, 0.29) is 12.7 Å². The first kappa shape index (κ1) is 18.9. The van der Waals surface area contributed by atoms with Gasteiger partial charge in [0.15, 0.2) is 11.5 Å². The van der Waals surface area contributed by atoms with Crippen molar-refractivity contribution in [3.63, 3.8) is 0 Å². The molecule has 1 amide bonds. The molecular formula is C21H23N5O3S. The van der Waals surface area contributed by atoms with Crippen LogP contribution in [0.3, 0.4) is 0 Å². The zero-order chi connectivity index (χ0) is 20.3. The Morgan fingerprint density at radius 1 is 1.03 bits per heavy atom. The highest BCUT2D eigenvalue weighted by Crippen LogP contribution is 2.32. The maximum Gasteiger partial charge on any atom is 0.268 e. The van der Waals surface area contributed by atoms with Gasteiger partial charge in [0.1, 0.15) is 5.69 Å². The molecule has 2 aliphatic heterocycles. The standard InChI is InChI=1S/C21H23N5O3S/c27-19(22-13-15-7-8-17-18(12-15)29-14-28-17)16-6-5-11-26(16)21-24-23-20(30-21)25-9-3-1-2-4-10-25/h5-8,11-12H,1-4,9-10,13-14H2,(H,22,27). The van der Waals surface area contributed by atoms with Gasteiger partial charge in [0.05, 0.1) is 0 Å². The van der Waals surface area contributed by atoms with Crippen molar-refractivity contribution in [3.8, 4) is 16.6 Å². The SMILES string of the molecule is O=C(NCc1ccc2c(c1)OCO2)c1cccn1-c1nnc(N2CCCCCC2)s1. The Bertz CT molecular complexity index is 1040. The van der Waals surface area contributed by atoms with Crippen molar-refractivity contribution in [1.82, 2.24) is 20.1 Å². The molecule has 3 aromatic rings. The minimum Gasteiger partial charge on any atom is -0.454 e. The van der Waals surface area contributed by atoms with Gasteiger partial charge in [-0.1, -0.05) is 30.2 Å².